The highest BCUT2D eigenvalue weighted by Crippen LogP contribution is 2.12. The molecule has 1 heterocycles. The van der Waals surface area contributed by atoms with Crippen LogP contribution < -0.4 is 10.6 Å². The Labute approximate surface area is 120 Å². The minimum Gasteiger partial charge on any atom is -0.481 e. The lowest BCUT2D eigenvalue weighted by Gasteiger charge is -2.08. The molecular formula is C13H15N5O3. The van der Waals surface area contributed by atoms with Crippen LogP contribution in [-0.4, -0.2) is 31.9 Å². The summed E-state index contributed by atoms with van der Waals surface area (Å²) in [5.41, 5.74) is 1.42. The van der Waals surface area contributed by atoms with Crippen LogP contribution in [0.4, 0.5) is 16.4 Å². The van der Waals surface area contributed by atoms with Gasteiger partial charge >= 0.3 is 12.0 Å². The van der Waals surface area contributed by atoms with Gasteiger partial charge in [-0.15, -0.1) is 0 Å². The zero-order chi connectivity index (χ0) is 15.2. The van der Waals surface area contributed by atoms with Gasteiger partial charge in [-0.1, -0.05) is 12.1 Å². The topological polar surface area (TPSA) is 109 Å². The normalized spacial score (nSPS) is 10.1. The van der Waals surface area contributed by atoms with Crippen LogP contribution in [0.1, 0.15) is 12.0 Å². The van der Waals surface area contributed by atoms with Crippen molar-refractivity contribution in [1.29, 1.82) is 0 Å². The van der Waals surface area contributed by atoms with Crippen molar-refractivity contribution in [2.24, 2.45) is 7.05 Å². The van der Waals surface area contributed by atoms with Gasteiger partial charge in [-0.3, -0.25) is 10.1 Å². The Morgan fingerprint density at radius 2 is 2.14 bits per heavy atom. The molecule has 0 bridgehead atoms. The van der Waals surface area contributed by atoms with E-state index >= 15 is 0 Å². The van der Waals surface area contributed by atoms with Gasteiger partial charge < -0.3 is 10.4 Å². The molecule has 1 aromatic heterocycles. The molecule has 0 aliphatic carbocycles. The Morgan fingerprint density at radius 3 is 2.81 bits per heavy atom. The molecule has 1 aromatic carbocycles. The van der Waals surface area contributed by atoms with Gasteiger partial charge in [0.1, 0.15) is 6.33 Å². The largest absolute Gasteiger partial charge is 0.481 e. The third-order valence-electron chi connectivity index (χ3n) is 2.75. The van der Waals surface area contributed by atoms with Crippen molar-refractivity contribution in [3.8, 4) is 0 Å². The summed E-state index contributed by atoms with van der Waals surface area (Å²) >= 11 is 0. The third-order valence-corrected chi connectivity index (χ3v) is 2.75. The maximum absolute atomic E-state index is 11.8. The molecule has 2 aromatic rings. The second-order valence-corrected chi connectivity index (χ2v) is 4.38. The highest BCUT2D eigenvalue weighted by molar-refractivity contribution is 5.98. The summed E-state index contributed by atoms with van der Waals surface area (Å²) in [6.07, 6.45) is 1.80. The second-order valence-electron chi connectivity index (χ2n) is 4.38. The van der Waals surface area contributed by atoms with E-state index in [1.165, 1.54) is 11.0 Å². The number of hydrogen-bond donors (Lipinski definition) is 3. The van der Waals surface area contributed by atoms with Gasteiger partial charge in [0.05, 0.1) is 0 Å². The number of benzene rings is 1. The number of aromatic nitrogens is 3. The van der Waals surface area contributed by atoms with Crippen LogP contribution in [0.25, 0.3) is 0 Å². The molecule has 0 unspecified atom stereocenters. The molecule has 2 amide bonds. The van der Waals surface area contributed by atoms with Gasteiger partial charge in [0.2, 0.25) is 5.95 Å². The zero-order valence-corrected chi connectivity index (χ0v) is 11.4. The monoisotopic (exact) mass is 289 g/mol. The number of urea groups is 1. The lowest BCUT2D eigenvalue weighted by atomic mass is 10.1. The Bertz CT molecular complexity index is 653. The summed E-state index contributed by atoms with van der Waals surface area (Å²) in [7, 11) is 1.66. The van der Waals surface area contributed by atoms with Gasteiger partial charge in [0.15, 0.2) is 0 Å². The van der Waals surface area contributed by atoms with E-state index < -0.39 is 12.0 Å². The summed E-state index contributed by atoms with van der Waals surface area (Å²) in [6, 6.07) is 6.59. The van der Waals surface area contributed by atoms with E-state index in [0.717, 1.165) is 5.56 Å². The molecule has 3 N–H and O–H groups in total. The lowest BCUT2D eigenvalue weighted by Crippen LogP contribution is -2.21. The van der Waals surface area contributed by atoms with E-state index in [2.05, 4.69) is 20.7 Å². The first-order valence-electron chi connectivity index (χ1n) is 6.27. The van der Waals surface area contributed by atoms with Crippen LogP contribution in [-0.2, 0) is 18.3 Å². The average molecular weight is 289 g/mol. The van der Waals surface area contributed by atoms with Crippen molar-refractivity contribution in [2.75, 3.05) is 10.6 Å². The van der Waals surface area contributed by atoms with Gasteiger partial charge in [-0.2, -0.15) is 10.1 Å². The molecule has 110 valence electrons. The van der Waals surface area contributed by atoms with Crippen molar-refractivity contribution < 1.29 is 14.7 Å². The summed E-state index contributed by atoms with van der Waals surface area (Å²) in [6.45, 7) is 0. The predicted molar refractivity (Wildman–Crippen MR) is 76.0 cm³/mol. The number of aliphatic carboxylic acids is 1. The van der Waals surface area contributed by atoms with Crippen molar-refractivity contribution in [3.63, 3.8) is 0 Å². The number of aryl methyl sites for hydroxylation is 2. The van der Waals surface area contributed by atoms with Crippen LogP contribution in [0.15, 0.2) is 30.6 Å². The molecule has 0 spiro atoms. The first-order valence-corrected chi connectivity index (χ1v) is 6.27. The minimum absolute atomic E-state index is 0.0502. The predicted octanol–water partition coefficient (Wildman–Crippen LogP) is 1.48. The molecule has 0 aliphatic heterocycles. The molecule has 2 rings (SSSR count). The van der Waals surface area contributed by atoms with E-state index in [0.29, 0.717) is 18.1 Å². The third kappa shape index (κ3) is 4.30. The van der Waals surface area contributed by atoms with Crippen LogP contribution in [0.5, 0.6) is 0 Å². The van der Waals surface area contributed by atoms with Crippen molar-refractivity contribution in [2.45, 2.75) is 12.8 Å². The average Bonchev–Trinajstić information content (AvgIpc) is 2.82. The van der Waals surface area contributed by atoms with Gasteiger partial charge in [0.25, 0.3) is 0 Å². The van der Waals surface area contributed by atoms with Crippen LogP contribution in [0, 0.1) is 0 Å². The number of rotatable bonds is 5. The molecule has 0 saturated heterocycles. The number of amides is 2. The number of nitrogens with zero attached hydrogens (tertiary/aromatic N) is 3. The van der Waals surface area contributed by atoms with E-state index in [1.807, 2.05) is 6.07 Å². The smallest absolute Gasteiger partial charge is 0.326 e. The number of carboxylic acids is 1. The number of carbonyl (C=O) groups is 2. The molecule has 0 saturated carbocycles. The fraction of sp³-hybridized carbons (Fsp3) is 0.231. The van der Waals surface area contributed by atoms with Gasteiger partial charge in [0, 0.05) is 19.2 Å². The second kappa shape index (κ2) is 6.51. The van der Waals surface area contributed by atoms with E-state index in [9.17, 15) is 9.59 Å². The first-order chi connectivity index (χ1) is 10.0. The molecule has 21 heavy (non-hydrogen) atoms. The van der Waals surface area contributed by atoms with E-state index in [1.54, 1.807) is 25.2 Å². The Balaban J connectivity index is 1.96. The van der Waals surface area contributed by atoms with Crippen molar-refractivity contribution >= 4 is 23.6 Å². The van der Waals surface area contributed by atoms with Crippen molar-refractivity contribution in [3.05, 3.63) is 36.2 Å². The lowest BCUT2D eigenvalue weighted by molar-refractivity contribution is -0.136. The molecule has 8 heteroatoms. The molecule has 0 aliphatic rings. The van der Waals surface area contributed by atoms with Crippen LogP contribution in [0.2, 0.25) is 0 Å². The fourth-order valence-electron chi connectivity index (χ4n) is 1.73. The number of anilines is 2. The highest BCUT2D eigenvalue weighted by atomic mass is 16.4. The van der Waals surface area contributed by atoms with Gasteiger partial charge in [-0.05, 0) is 24.1 Å². The first kappa shape index (κ1) is 14.5. The summed E-state index contributed by atoms with van der Waals surface area (Å²) < 4.78 is 1.43. The summed E-state index contributed by atoms with van der Waals surface area (Å²) in [5.74, 6) is -0.525. The zero-order valence-electron chi connectivity index (χ0n) is 11.4. The Kier molecular flexibility index (Phi) is 4.50. The molecular weight excluding hydrogens is 274 g/mol. The van der Waals surface area contributed by atoms with Crippen LogP contribution in [0.3, 0.4) is 0 Å². The minimum atomic E-state index is -0.853. The Morgan fingerprint density at radius 1 is 1.33 bits per heavy atom. The maximum atomic E-state index is 11.8. The molecule has 8 nitrogen and oxygen atoms in total. The Hall–Kier alpha value is -2.90. The number of carbonyl (C=O) groups excluding carboxylic acids is 1. The number of nitrogens with one attached hydrogen (secondary N) is 2. The molecule has 0 atom stereocenters. The van der Waals surface area contributed by atoms with E-state index in [-0.39, 0.29) is 6.42 Å². The van der Waals surface area contributed by atoms with Crippen molar-refractivity contribution in [1.82, 2.24) is 14.8 Å². The molecule has 0 radical (unpaired) electrons. The van der Waals surface area contributed by atoms with Gasteiger partial charge in [-0.25, -0.2) is 9.48 Å². The SMILES string of the molecule is Cn1ncnc1NC(=O)Nc1cccc(CCC(=O)O)c1. The summed E-state index contributed by atoms with van der Waals surface area (Å²) in [4.78, 5) is 26.2. The summed E-state index contributed by atoms with van der Waals surface area (Å²) in [5, 5.41) is 17.7. The fourth-order valence-corrected chi connectivity index (χ4v) is 1.73. The molecule has 0 fully saturated rings. The standard InChI is InChI=1S/C13H15N5O3/c1-18-12(14-8-15-18)17-13(21)16-10-4-2-3-9(7-10)5-6-11(19)20/h2-4,7-8H,5-6H2,1H3,(H,19,20)(H2,14,15,16,17,21). The highest BCUT2D eigenvalue weighted by Gasteiger charge is 2.07. The number of hydrogen-bond acceptors (Lipinski definition) is 4. The van der Waals surface area contributed by atoms with E-state index in [4.69, 9.17) is 5.11 Å². The number of carboxylic acid groups (broad SMARTS) is 1. The maximum Gasteiger partial charge on any atom is 0.326 e. The quantitative estimate of drug-likeness (QED) is 0.772. The van der Waals surface area contributed by atoms with Crippen LogP contribution >= 0.6 is 0 Å².